The first kappa shape index (κ1) is 28.2. The quantitative estimate of drug-likeness (QED) is 0.306. The summed E-state index contributed by atoms with van der Waals surface area (Å²) in [6.45, 7) is 4.08. The lowest BCUT2D eigenvalue weighted by Crippen LogP contribution is -2.56. The van der Waals surface area contributed by atoms with Gasteiger partial charge in [-0.3, -0.25) is 14.4 Å². The number of rotatable bonds is 9. The summed E-state index contributed by atoms with van der Waals surface area (Å²) in [5, 5.41) is 17.1. The topological polar surface area (TPSA) is 125 Å². The molecular formula is C30H34N4O4S. The molecule has 8 nitrogen and oxygen atoms in total. The minimum Gasteiger partial charge on any atom is -0.398 e. The van der Waals surface area contributed by atoms with Crippen LogP contribution in [0.1, 0.15) is 32.6 Å². The number of anilines is 1. The van der Waals surface area contributed by atoms with Crippen LogP contribution < -0.4 is 16.4 Å². The zero-order valence-corrected chi connectivity index (χ0v) is 22.9. The minimum atomic E-state index is -1.55. The summed E-state index contributed by atoms with van der Waals surface area (Å²) in [7, 11) is 0. The maximum Gasteiger partial charge on any atom is 0.254 e. The van der Waals surface area contributed by atoms with E-state index in [0.717, 1.165) is 16.7 Å². The van der Waals surface area contributed by atoms with Crippen LogP contribution in [-0.2, 0) is 22.6 Å². The molecule has 1 saturated heterocycles. The summed E-state index contributed by atoms with van der Waals surface area (Å²) >= 11 is 1.45. The van der Waals surface area contributed by atoms with Crippen LogP contribution in [0.15, 0.2) is 72.8 Å². The Morgan fingerprint density at radius 3 is 2.49 bits per heavy atom. The number of carbonyl (C=O) groups excluding carboxylic acids is 3. The van der Waals surface area contributed by atoms with Crippen LogP contribution >= 0.6 is 11.8 Å². The zero-order valence-electron chi connectivity index (χ0n) is 22.1. The van der Waals surface area contributed by atoms with E-state index in [9.17, 15) is 19.5 Å². The first-order chi connectivity index (χ1) is 18.8. The second-order valence-corrected chi connectivity index (χ2v) is 10.7. The number of hydrogen-bond donors (Lipinski definition) is 4. The Bertz CT molecular complexity index is 1330. The van der Waals surface area contributed by atoms with Crippen molar-refractivity contribution in [3.63, 3.8) is 0 Å². The number of nitrogen functional groups attached to an aromatic ring is 1. The van der Waals surface area contributed by atoms with Gasteiger partial charge in [-0.15, -0.1) is 11.8 Å². The van der Waals surface area contributed by atoms with E-state index in [1.165, 1.54) is 16.7 Å². The summed E-state index contributed by atoms with van der Waals surface area (Å²) in [5.74, 6) is -0.602. The van der Waals surface area contributed by atoms with Gasteiger partial charge in [0.2, 0.25) is 5.91 Å². The highest BCUT2D eigenvalue weighted by atomic mass is 32.2. The van der Waals surface area contributed by atoms with Crippen LogP contribution in [0.3, 0.4) is 0 Å². The molecule has 1 fully saturated rings. The molecule has 1 heterocycles. The number of amides is 3. The van der Waals surface area contributed by atoms with Crippen molar-refractivity contribution in [3.8, 4) is 0 Å². The van der Waals surface area contributed by atoms with Crippen LogP contribution in [0.2, 0.25) is 0 Å². The number of hydrogen-bond acceptors (Lipinski definition) is 6. The van der Waals surface area contributed by atoms with Gasteiger partial charge in [-0.25, -0.2) is 0 Å². The lowest BCUT2D eigenvalue weighted by molar-refractivity contribution is -0.146. The van der Waals surface area contributed by atoms with E-state index >= 15 is 0 Å². The lowest BCUT2D eigenvalue weighted by Gasteiger charge is -2.30. The van der Waals surface area contributed by atoms with E-state index in [2.05, 4.69) is 10.6 Å². The number of nitrogens with one attached hydrogen (secondary N) is 2. The molecule has 3 amide bonds. The normalized spacial score (nSPS) is 16.4. The molecule has 3 atom stereocenters. The van der Waals surface area contributed by atoms with Crippen LogP contribution in [0, 0.1) is 13.8 Å². The Morgan fingerprint density at radius 2 is 1.74 bits per heavy atom. The molecule has 9 heteroatoms. The number of carbonyl (C=O) groups is 3. The van der Waals surface area contributed by atoms with E-state index in [1.807, 2.05) is 61.5 Å². The predicted octanol–water partition coefficient (Wildman–Crippen LogP) is 2.81. The second-order valence-electron chi connectivity index (χ2n) is 9.70. The molecule has 0 radical (unpaired) electrons. The SMILES string of the molecule is Cc1ccccc1CNC(=O)[C@@H]1CSCN1C(=O)[C@@H](O)[C@H](Cc1ccccc1)NC(=O)c1cccc(N)c1C. The highest BCUT2D eigenvalue weighted by Crippen LogP contribution is 2.24. The standard InChI is InChI=1S/C30H34N4O4S/c1-19-9-6-7-12-22(19)16-32-29(37)26-17-39-18-34(26)30(38)27(35)25(15-21-10-4-3-5-11-21)33-28(36)23-13-8-14-24(31)20(23)2/h3-14,25-27,35H,15-18,31H2,1-2H3,(H,32,37)(H,33,36)/t25-,26-,27-/m0/s1. The molecular weight excluding hydrogens is 512 g/mol. The van der Waals surface area contributed by atoms with Crippen molar-refractivity contribution in [1.29, 1.82) is 0 Å². The third kappa shape index (κ3) is 6.79. The molecule has 3 aromatic rings. The zero-order chi connectivity index (χ0) is 27.9. The van der Waals surface area contributed by atoms with Gasteiger partial charge in [0.25, 0.3) is 11.8 Å². The van der Waals surface area contributed by atoms with E-state index in [1.54, 1.807) is 25.1 Å². The first-order valence-electron chi connectivity index (χ1n) is 12.8. The number of benzene rings is 3. The van der Waals surface area contributed by atoms with E-state index in [0.29, 0.717) is 29.1 Å². The largest absolute Gasteiger partial charge is 0.398 e. The summed E-state index contributed by atoms with van der Waals surface area (Å²) in [6, 6.07) is 20.5. The van der Waals surface area contributed by atoms with Crippen molar-refractivity contribution in [2.45, 2.75) is 45.0 Å². The van der Waals surface area contributed by atoms with Gasteiger partial charge in [0.05, 0.1) is 11.9 Å². The molecule has 204 valence electrons. The average Bonchev–Trinajstić information content (AvgIpc) is 3.43. The van der Waals surface area contributed by atoms with Gasteiger partial charge in [-0.05, 0) is 54.7 Å². The van der Waals surface area contributed by atoms with Gasteiger partial charge in [0, 0.05) is 23.5 Å². The number of aliphatic hydroxyl groups excluding tert-OH is 1. The molecule has 0 bridgehead atoms. The van der Waals surface area contributed by atoms with Crippen molar-refractivity contribution in [2.75, 3.05) is 17.4 Å². The molecule has 0 unspecified atom stereocenters. The number of aryl methyl sites for hydroxylation is 1. The van der Waals surface area contributed by atoms with Gasteiger partial charge in [-0.1, -0.05) is 60.7 Å². The summed E-state index contributed by atoms with van der Waals surface area (Å²) < 4.78 is 0. The summed E-state index contributed by atoms with van der Waals surface area (Å²) in [6.07, 6.45) is -1.33. The predicted molar refractivity (Wildman–Crippen MR) is 154 cm³/mol. The smallest absolute Gasteiger partial charge is 0.254 e. The molecule has 0 aromatic heterocycles. The third-order valence-electron chi connectivity index (χ3n) is 7.05. The number of aliphatic hydroxyl groups is 1. The maximum atomic E-state index is 13.6. The second kappa shape index (κ2) is 12.8. The van der Waals surface area contributed by atoms with Gasteiger partial charge >= 0.3 is 0 Å². The fraction of sp³-hybridized carbons (Fsp3) is 0.300. The van der Waals surface area contributed by atoms with E-state index in [-0.39, 0.29) is 18.2 Å². The molecule has 5 N–H and O–H groups in total. The Hall–Kier alpha value is -3.82. The molecule has 4 rings (SSSR count). The molecule has 0 spiro atoms. The molecule has 0 saturated carbocycles. The fourth-order valence-corrected chi connectivity index (χ4v) is 5.75. The Labute approximate surface area is 233 Å². The Morgan fingerprint density at radius 1 is 1.03 bits per heavy atom. The van der Waals surface area contributed by atoms with Gasteiger partial charge in [-0.2, -0.15) is 0 Å². The van der Waals surface area contributed by atoms with Crippen LogP contribution in [0.4, 0.5) is 5.69 Å². The maximum absolute atomic E-state index is 13.6. The summed E-state index contributed by atoms with van der Waals surface area (Å²) in [5.41, 5.74) is 10.4. The highest BCUT2D eigenvalue weighted by Gasteiger charge is 2.40. The van der Waals surface area contributed by atoms with Gasteiger partial charge < -0.3 is 26.4 Å². The first-order valence-corrected chi connectivity index (χ1v) is 14.0. The Kier molecular flexibility index (Phi) is 9.27. The van der Waals surface area contributed by atoms with Crippen LogP contribution in [0.5, 0.6) is 0 Å². The highest BCUT2D eigenvalue weighted by molar-refractivity contribution is 7.99. The summed E-state index contributed by atoms with van der Waals surface area (Å²) in [4.78, 5) is 41.3. The fourth-order valence-electron chi connectivity index (χ4n) is 4.58. The molecule has 1 aliphatic rings. The average molecular weight is 547 g/mol. The van der Waals surface area contributed by atoms with Crippen molar-refractivity contribution < 1.29 is 19.5 Å². The molecule has 39 heavy (non-hydrogen) atoms. The third-order valence-corrected chi connectivity index (χ3v) is 8.06. The van der Waals surface area contributed by atoms with E-state index in [4.69, 9.17) is 5.73 Å². The van der Waals surface area contributed by atoms with E-state index < -0.39 is 30.0 Å². The van der Waals surface area contributed by atoms with Crippen molar-refractivity contribution >= 4 is 35.2 Å². The van der Waals surface area contributed by atoms with Crippen LogP contribution in [0.25, 0.3) is 0 Å². The number of thioether (sulfide) groups is 1. The van der Waals surface area contributed by atoms with Gasteiger partial charge in [0.1, 0.15) is 6.04 Å². The number of nitrogens with zero attached hydrogens (tertiary/aromatic N) is 1. The van der Waals surface area contributed by atoms with Crippen molar-refractivity contribution in [3.05, 3.63) is 101 Å². The minimum absolute atomic E-state index is 0.228. The lowest BCUT2D eigenvalue weighted by atomic mass is 9.98. The van der Waals surface area contributed by atoms with Crippen molar-refractivity contribution in [1.82, 2.24) is 15.5 Å². The molecule has 1 aliphatic heterocycles. The molecule has 3 aromatic carbocycles. The monoisotopic (exact) mass is 546 g/mol. The Balaban J connectivity index is 1.50. The van der Waals surface area contributed by atoms with Crippen molar-refractivity contribution in [2.24, 2.45) is 0 Å². The number of nitrogens with two attached hydrogens (primary N) is 1. The van der Waals surface area contributed by atoms with Crippen LogP contribution in [-0.4, -0.2) is 57.5 Å². The van der Waals surface area contributed by atoms with Gasteiger partial charge in [0.15, 0.2) is 6.10 Å². The molecule has 0 aliphatic carbocycles.